The molecular weight excluding hydrogens is 371 g/mol. The van der Waals surface area contributed by atoms with Gasteiger partial charge in [0.2, 0.25) is 0 Å². The highest BCUT2D eigenvalue weighted by Crippen LogP contribution is 2.39. The van der Waals surface area contributed by atoms with E-state index in [9.17, 15) is 4.39 Å². The molecule has 1 aliphatic rings. The van der Waals surface area contributed by atoms with Crippen LogP contribution in [0.15, 0.2) is 30.6 Å². The van der Waals surface area contributed by atoms with Crippen molar-refractivity contribution in [3.8, 4) is 11.4 Å². The second kappa shape index (κ2) is 12.2. The van der Waals surface area contributed by atoms with Crippen molar-refractivity contribution in [3.63, 3.8) is 0 Å². The van der Waals surface area contributed by atoms with Crippen LogP contribution in [0.2, 0.25) is 0 Å². The van der Waals surface area contributed by atoms with E-state index in [1.54, 1.807) is 6.07 Å². The molecule has 0 radical (unpaired) electrons. The van der Waals surface area contributed by atoms with Gasteiger partial charge in [-0.2, -0.15) is 0 Å². The minimum atomic E-state index is -0.0884. The van der Waals surface area contributed by atoms with Crippen LogP contribution in [0.1, 0.15) is 108 Å². The highest BCUT2D eigenvalue weighted by atomic mass is 19.1. The largest absolute Gasteiger partial charge is 0.236 e. The fraction of sp³-hybridized carbons (Fsp3) is 0.630. The van der Waals surface area contributed by atoms with Crippen molar-refractivity contribution in [2.75, 3.05) is 0 Å². The molecule has 1 fully saturated rings. The Hall–Kier alpha value is -1.77. The van der Waals surface area contributed by atoms with Gasteiger partial charge in [0, 0.05) is 18.0 Å². The van der Waals surface area contributed by atoms with E-state index in [4.69, 9.17) is 0 Å². The minimum Gasteiger partial charge on any atom is -0.236 e. The number of benzene rings is 1. The summed E-state index contributed by atoms with van der Waals surface area (Å²) in [4.78, 5) is 8.97. The minimum absolute atomic E-state index is 0.0884. The molecule has 2 nitrogen and oxygen atoms in total. The Kier molecular flexibility index (Phi) is 9.29. The van der Waals surface area contributed by atoms with Gasteiger partial charge in [-0.05, 0) is 67.6 Å². The molecule has 0 unspecified atom stereocenters. The van der Waals surface area contributed by atoms with Gasteiger partial charge in [0.15, 0.2) is 5.82 Å². The van der Waals surface area contributed by atoms with E-state index in [0.717, 1.165) is 41.9 Å². The van der Waals surface area contributed by atoms with Gasteiger partial charge in [0.25, 0.3) is 0 Å². The third kappa shape index (κ3) is 6.62. The number of hydrogen-bond donors (Lipinski definition) is 0. The fourth-order valence-electron chi connectivity index (χ4n) is 4.83. The van der Waals surface area contributed by atoms with Crippen LogP contribution in [-0.4, -0.2) is 9.97 Å². The third-order valence-electron chi connectivity index (χ3n) is 6.79. The van der Waals surface area contributed by atoms with E-state index in [1.165, 1.54) is 64.2 Å². The standard InChI is InChI=1S/C27H39FN2/c1-3-5-7-9-10-21-12-14-23(15-13-21)25-17-16-24(18-26(25)28)27-29-19-22(20-30-27)11-8-6-4-2/h16-21,23H,3-15H2,1-2H3. The van der Waals surface area contributed by atoms with Gasteiger partial charge in [-0.15, -0.1) is 0 Å². The summed E-state index contributed by atoms with van der Waals surface area (Å²) in [5.74, 6) is 1.75. The number of nitrogens with zero attached hydrogens (tertiary/aromatic N) is 2. The molecule has 3 rings (SSSR count). The maximum Gasteiger partial charge on any atom is 0.159 e. The van der Waals surface area contributed by atoms with E-state index >= 15 is 0 Å². The van der Waals surface area contributed by atoms with Crippen molar-refractivity contribution in [1.29, 1.82) is 0 Å². The molecule has 1 aliphatic carbocycles. The predicted octanol–water partition coefficient (Wildman–Crippen LogP) is 8.26. The highest BCUT2D eigenvalue weighted by Gasteiger charge is 2.24. The summed E-state index contributed by atoms with van der Waals surface area (Å²) in [6, 6.07) is 5.62. The van der Waals surface area contributed by atoms with Gasteiger partial charge >= 0.3 is 0 Å². The zero-order valence-electron chi connectivity index (χ0n) is 19.0. The summed E-state index contributed by atoms with van der Waals surface area (Å²) in [6.45, 7) is 4.47. The summed E-state index contributed by atoms with van der Waals surface area (Å²) in [6.07, 6.45) is 19.9. The van der Waals surface area contributed by atoms with Gasteiger partial charge in [0.1, 0.15) is 5.82 Å². The molecule has 1 saturated carbocycles. The molecule has 1 aromatic heterocycles. The Morgan fingerprint density at radius 1 is 0.867 bits per heavy atom. The molecule has 1 aromatic carbocycles. The van der Waals surface area contributed by atoms with Gasteiger partial charge in [0.05, 0.1) is 0 Å². The van der Waals surface area contributed by atoms with E-state index < -0.39 is 0 Å². The van der Waals surface area contributed by atoms with E-state index in [1.807, 2.05) is 24.5 Å². The number of hydrogen-bond acceptors (Lipinski definition) is 2. The topological polar surface area (TPSA) is 25.8 Å². The van der Waals surface area contributed by atoms with Crippen molar-refractivity contribution >= 4 is 0 Å². The second-order valence-electron chi connectivity index (χ2n) is 9.18. The lowest BCUT2D eigenvalue weighted by Crippen LogP contribution is -2.14. The lowest BCUT2D eigenvalue weighted by molar-refractivity contribution is 0.298. The first kappa shape index (κ1) is 22.9. The number of halogens is 1. The highest BCUT2D eigenvalue weighted by molar-refractivity contribution is 5.55. The van der Waals surface area contributed by atoms with Gasteiger partial charge < -0.3 is 0 Å². The maximum atomic E-state index is 14.9. The number of unbranched alkanes of at least 4 members (excludes halogenated alkanes) is 5. The third-order valence-corrected chi connectivity index (χ3v) is 6.79. The molecule has 3 heteroatoms. The van der Waals surface area contributed by atoms with Gasteiger partial charge in [-0.25, -0.2) is 14.4 Å². The van der Waals surface area contributed by atoms with Crippen molar-refractivity contribution in [3.05, 3.63) is 47.5 Å². The van der Waals surface area contributed by atoms with Crippen LogP contribution >= 0.6 is 0 Å². The quantitative estimate of drug-likeness (QED) is 0.348. The Labute approximate surface area is 182 Å². The monoisotopic (exact) mass is 410 g/mol. The Bertz CT molecular complexity index is 748. The van der Waals surface area contributed by atoms with E-state index in [0.29, 0.717) is 11.7 Å². The van der Waals surface area contributed by atoms with E-state index in [-0.39, 0.29) is 5.82 Å². The SMILES string of the molecule is CCCCCCC1CCC(c2ccc(-c3ncc(CCCCC)cn3)cc2F)CC1. The molecule has 0 amide bonds. The summed E-state index contributed by atoms with van der Waals surface area (Å²) >= 11 is 0. The molecule has 2 aromatic rings. The summed E-state index contributed by atoms with van der Waals surface area (Å²) in [7, 11) is 0. The number of aryl methyl sites for hydroxylation is 1. The molecular formula is C27H39FN2. The maximum absolute atomic E-state index is 14.9. The molecule has 1 heterocycles. The zero-order valence-corrected chi connectivity index (χ0v) is 19.0. The van der Waals surface area contributed by atoms with Crippen LogP contribution < -0.4 is 0 Å². The normalized spacial score (nSPS) is 19.2. The molecule has 0 bridgehead atoms. The van der Waals surface area contributed by atoms with Crippen LogP contribution in [0.4, 0.5) is 4.39 Å². The van der Waals surface area contributed by atoms with Gasteiger partial charge in [-0.1, -0.05) is 70.9 Å². The molecule has 30 heavy (non-hydrogen) atoms. The van der Waals surface area contributed by atoms with Crippen LogP contribution in [-0.2, 0) is 6.42 Å². The molecule has 0 aliphatic heterocycles. The Morgan fingerprint density at radius 2 is 1.57 bits per heavy atom. The average molecular weight is 411 g/mol. The van der Waals surface area contributed by atoms with Crippen LogP contribution in [0.3, 0.4) is 0 Å². The fourth-order valence-corrected chi connectivity index (χ4v) is 4.83. The van der Waals surface area contributed by atoms with Crippen molar-refractivity contribution in [2.24, 2.45) is 5.92 Å². The molecule has 164 valence electrons. The zero-order chi connectivity index (χ0) is 21.2. The Morgan fingerprint density at radius 3 is 2.23 bits per heavy atom. The molecule has 0 spiro atoms. The van der Waals surface area contributed by atoms with Gasteiger partial charge in [-0.3, -0.25) is 0 Å². The smallest absolute Gasteiger partial charge is 0.159 e. The van der Waals surface area contributed by atoms with E-state index in [2.05, 4.69) is 23.8 Å². The number of rotatable bonds is 11. The lowest BCUT2D eigenvalue weighted by atomic mass is 9.76. The van der Waals surface area contributed by atoms with Crippen molar-refractivity contribution < 1.29 is 4.39 Å². The molecule has 0 saturated heterocycles. The predicted molar refractivity (Wildman–Crippen MR) is 124 cm³/mol. The summed E-state index contributed by atoms with van der Waals surface area (Å²) in [5, 5.41) is 0. The van der Waals surface area contributed by atoms with Crippen LogP contribution in [0, 0.1) is 11.7 Å². The molecule has 0 N–H and O–H groups in total. The van der Waals surface area contributed by atoms with Crippen molar-refractivity contribution in [1.82, 2.24) is 9.97 Å². The molecule has 0 atom stereocenters. The Balaban J connectivity index is 1.54. The first-order chi connectivity index (χ1) is 14.7. The van der Waals surface area contributed by atoms with Crippen molar-refractivity contribution in [2.45, 2.75) is 103 Å². The lowest BCUT2D eigenvalue weighted by Gasteiger charge is -2.29. The van der Waals surface area contributed by atoms with Crippen LogP contribution in [0.5, 0.6) is 0 Å². The first-order valence-corrected chi connectivity index (χ1v) is 12.3. The summed E-state index contributed by atoms with van der Waals surface area (Å²) < 4.78 is 14.9. The number of aromatic nitrogens is 2. The summed E-state index contributed by atoms with van der Waals surface area (Å²) in [5.41, 5.74) is 2.83. The van der Waals surface area contributed by atoms with Crippen LogP contribution in [0.25, 0.3) is 11.4 Å². The first-order valence-electron chi connectivity index (χ1n) is 12.3. The second-order valence-corrected chi connectivity index (χ2v) is 9.18. The average Bonchev–Trinajstić information content (AvgIpc) is 2.78.